The van der Waals surface area contributed by atoms with Gasteiger partial charge in [-0.2, -0.15) is 0 Å². The second-order valence-corrected chi connectivity index (χ2v) is 9.41. The third kappa shape index (κ3) is 8.40. The van der Waals surface area contributed by atoms with Crippen molar-refractivity contribution in [3.05, 3.63) is 132 Å². The van der Waals surface area contributed by atoms with Crippen LogP contribution in [0, 0.1) is 0 Å². The molecular weight excluding hydrogens is 482 g/mol. The van der Waals surface area contributed by atoms with Gasteiger partial charge in [-0.3, -0.25) is 0 Å². The van der Waals surface area contributed by atoms with E-state index in [2.05, 4.69) is 83.4 Å². The van der Waals surface area contributed by atoms with Gasteiger partial charge < -0.3 is 24.7 Å². The second kappa shape index (κ2) is 16.0. The van der Waals surface area contributed by atoms with Gasteiger partial charge >= 0.3 is 13.8 Å². The van der Waals surface area contributed by atoms with Crippen LogP contribution in [0.3, 0.4) is 0 Å². The van der Waals surface area contributed by atoms with Crippen molar-refractivity contribution in [2.24, 2.45) is 0 Å². The zero-order chi connectivity index (χ0) is 27.1. The van der Waals surface area contributed by atoms with Crippen molar-refractivity contribution in [3.8, 4) is 0 Å². The van der Waals surface area contributed by atoms with Crippen LogP contribution < -0.4 is 21.6 Å². The average molecular weight is 520 g/mol. The molecule has 0 aliphatic heterocycles. The Balaban J connectivity index is 1.79. The molecule has 0 aliphatic rings. The summed E-state index contributed by atoms with van der Waals surface area (Å²) in [4.78, 5) is 0. The number of ether oxygens (including phenoxy) is 1. The molecule has 0 heterocycles. The molecule has 0 amide bonds. The molecule has 0 saturated carbocycles. The monoisotopic (exact) mass is 520 g/mol. The molecule has 0 fully saturated rings. The van der Waals surface area contributed by atoms with Crippen molar-refractivity contribution >= 4 is 24.8 Å². The van der Waals surface area contributed by atoms with Crippen LogP contribution in [-0.2, 0) is 14.0 Å². The molecule has 0 spiro atoms. The predicted molar refractivity (Wildman–Crippen MR) is 163 cm³/mol. The summed E-state index contributed by atoms with van der Waals surface area (Å²) in [5.41, 5.74) is 4.25. The molecule has 39 heavy (non-hydrogen) atoms. The summed E-state index contributed by atoms with van der Waals surface area (Å²) in [6.45, 7) is 1.96. The average Bonchev–Trinajstić information content (AvgIpc) is 3.01. The molecule has 200 valence electrons. The van der Waals surface area contributed by atoms with E-state index in [1.807, 2.05) is 62.6 Å². The third-order valence-electron chi connectivity index (χ3n) is 6.65. The molecule has 7 heteroatoms. The molecule has 0 bridgehead atoms. The Morgan fingerprint density at radius 1 is 0.513 bits per heavy atom. The molecule has 0 radical (unpaired) electrons. The summed E-state index contributed by atoms with van der Waals surface area (Å²) in [6.07, 6.45) is 0. The highest BCUT2D eigenvalue weighted by Crippen LogP contribution is 2.31. The summed E-state index contributed by atoms with van der Waals surface area (Å²) in [5.74, 6) is 0. The van der Waals surface area contributed by atoms with Gasteiger partial charge in [-0.05, 0) is 36.1 Å². The van der Waals surface area contributed by atoms with E-state index >= 15 is 0 Å². The highest BCUT2D eigenvalue weighted by Gasteiger charge is 2.39. The van der Waals surface area contributed by atoms with E-state index in [0.29, 0.717) is 13.2 Å². The molecule has 5 nitrogen and oxygen atoms in total. The number of hydrogen-bond acceptors (Lipinski definition) is 5. The Bertz CT molecular complexity index is 1090. The molecule has 2 unspecified atom stereocenters. The van der Waals surface area contributed by atoms with Gasteiger partial charge in [-0.15, -0.1) is 0 Å². The maximum absolute atomic E-state index is 7.23. The normalized spacial score (nSPS) is 12.6. The zero-order valence-electron chi connectivity index (χ0n) is 22.9. The Morgan fingerprint density at radius 3 is 1.18 bits per heavy atom. The largest absolute Gasteiger partial charge is 0.427 e. The van der Waals surface area contributed by atoms with Crippen LogP contribution in [0.2, 0.25) is 0 Å². The van der Waals surface area contributed by atoms with Gasteiger partial charge in [0, 0.05) is 26.3 Å². The summed E-state index contributed by atoms with van der Waals surface area (Å²) in [7, 11) is 3.87. The quantitative estimate of drug-likeness (QED) is 0.174. The molecule has 2 atom stereocenters. The lowest BCUT2D eigenvalue weighted by Crippen LogP contribution is -2.47. The van der Waals surface area contributed by atoms with Gasteiger partial charge in [0.25, 0.3) is 0 Å². The topological polar surface area (TPSA) is 51.8 Å². The SMILES string of the molecule is CNCCOB(c1ccccc1)C(OC(B(OCCNC)c1ccccc1)c1ccccc1)c1ccccc1. The minimum absolute atomic E-state index is 0.318. The van der Waals surface area contributed by atoms with Crippen LogP contribution in [-0.4, -0.2) is 54.2 Å². The zero-order valence-corrected chi connectivity index (χ0v) is 22.9. The molecular formula is C32H38B2N2O3. The van der Waals surface area contributed by atoms with E-state index in [9.17, 15) is 0 Å². The lowest BCUT2D eigenvalue weighted by Gasteiger charge is -2.33. The maximum Gasteiger partial charge on any atom is 0.361 e. The van der Waals surface area contributed by atoms with E-state index in [4.69, 9.17) is 14.0 Å². The summed E-state index contributed by atoms with van der Waals surface area (Å²) >= 11 is 0. The van der Waals surface area contributed by atoms with Gasteiger partial charge in [0.1, 0.15) is 0 Å². The van der Waals surface area contributed by atoms with Crippen LogP contribution >= 0.6 is 0 Å². The number of nitrogens with one attached hydrogen (secondary N) is 2. The van der Waals surface area contributed by atoms with Crippen molar-refractivity contribution in [1.29, 1.82) is 0 Å². The summed E-state index contributed by atoms with van der Waals surface area (Å²) in [6, 6.07) is 40.7. The molecule has 4 rings (SSSR count). The number of likely N-dealkylation sites (N-methyl/N-ethyl adjacent to an activating group) is 2. The lowest BCUT2D eigenvalue weighted by atomic mass is 9.51. The third-order valence-corrected chi connectivity index (χ3v) is 6.65. The highest BCUT2D eigenvalue weighted by atomic mass is 16.5. The van der Waals surface area contributed by atoms with Crippen LogP contribution in [0.5, 0.6) is 0 Å². The Labute approximate surface area is 234 Å². The van der Waals surface area contributed by atoms with Crippen molar-refractivity contribution in [3.63, 3.8) is 0 Å². The van der Waals surface area contributed by atoms with E-state index < -0.39 is 0 Å². The van der Waals surface area contributed by atoms with Gasteiger partial charge in [0.05, 0.1) is 12.0 Å². The van der Waals surface area contributed by atoms with Gasteiger partial charge in [-0.1, -0.05) is 121 Å². The van der Waals surface area contributed by atoms with E-state index in [1.165, 1.54) is 0 Å². The Hall–Kier alpha value is -3.19. The smallest absolute Gasteiger partial charge is 0.361 e. The fourth-order valence-corrected chi connectivity index (χ4v) is 4.67. The second-order valence-electron chi connectivity index (χ2n) is 9.41. The van der Waals surface area contributed by atoms with Crippen LogP contribution in [0.15, 0.2) is 121 Å². The van der Waals surface area contributed by atoms with Crippen molar-refractivity contribution in [2.75, 3.05) is 40.4 Å². The first-order chi connectivity index (χ1) is 19.3. The van der Waals surface area contributed by atoms with E-state index in [0.717, 1.165) is 35.1 Å². The van der Waals surface area contributed by atoms with Gasteiger partial charge in [-0.25, -0.2) is 0 Å². The molecule has 0 aromatic heterocycles. The van der Waals surface area contributed by atoms with Crippen molar-refractivity contribution in [1.82, 2.24) is 10.6 Å². The van der Waals surface area contributed by atoms with Gasteiger partial charge in [0.2, 0.25) is 0 Å². The van der Waals surface area contributed by atoms with Crippen LogP contribution in [0.4, 0.5) is 0 Å². The summed E-state index contributed by atoms with van der Waals surface area (Å²) in [5, 5.41) is 6.39. The van der Waals surface area contributed by atoms with E-state index in [-0.39, 0.29) is 25.8 Å². The fourth-order valence-electron chi connectivity index (χ4n) is 4.67. The standard InChI is InChI=1S/C32H38B2N2O3/c1-35-23-25-37-33(29-19-11-5-12-20-29)31(27-15-7-3-8-16-27)39-32(28-17-9-4-10-18-28)34(38-26-24-36-2)30-21-13-6-14-22-30/h3-22,31-32,35-36H,23-26H2,1-2H3. The first-order valence-corrected chi connectivity index (χ1v) is 13.7. The molecule has 2 N–H and O–H groups in total. The predicted octanol–water partition coefficient (Wildman–Crippen LogP) is 3.83. The fraction of sp³-hybridized carbons (Fsp3) is 0.250. The van der Waals surface area contributed by atoms with Crippen LogP contribution in [0.25, 0.3) is 0 Å². The molecule has 0 saturated heterocycles. The van der Waals surface area contributed by atoms with Gasteiger partial charge in [0.15, 0.2) is 0 Å². The molecule has 0 aliphatic carbocycles. The minimum atomic E-state index is -0.380. The Morgan fingerprint density at radius 2 is 0.846 bits per heavy atom. The van der Waals surface area contributed by atoms with Crippen molar-refractivity contribution < 1.29 is 14.0 Å². The Kier molecular flexibility index (Phi) is 11.8. The maximum atomic E-state index is 7.23. The van der Waals surface area contributed by atoms with E-state index in [1.54, 1.807) is 0 Å². The lowest BCUT2D eigenvalue weighted by molar-refractivity contribution is 0.0508. The first-order valence-electron chi connectivity index (χ1n) is 13.7. The number of benzene rings is 4. The number of hydrogen-bond donors (Lipinski definition) is 2. The first kappa shape index (κ1) is 28.8. The van der Waals surface area contributed by atoms with Crippen LogP contribution in [0.1, 0.15) is 23.1 Å². The molecule has 4 aromatic carbocycles. The molecule has 4 aromatic rings. The minimum Gasteiger partial charge on any atom is -0.427 e. The highest BCUT2D eigenvalue weighted by molar-refractivity contribution is 6.69. The van der Waals surface area contributed by atoms with Crippen molar-refractivity contribution in [2.45, 2.75) is 12.0 Å². The number of rotatable bonds is 16. The summed E-state index contributed by atoms with van der Waals surface area (Å²) < 4.78 is 20.4.